The topological polar surface area (TPSA) is 95.9 Å². The summed E-state index contributed by atoms with van der Waals surface area (Å²) in [5.41, 5.74) is 2.14. The van der Waals surface area contributed by atoms with Crippen molar-refractivity contribution in [2.75, 3.05) is 13.1 Å². The molecule has 7 nitrogen and oxygen atoms in total. The predicted molar refractivity (Wildman–Crippen MR) is 113 cm³/mol. The van der Waals surface area contributed by atoms with E-state index in [1.54, 1.807) is 6.92 Å². The molecule has 0 radical (unpaired) electrons. The zero-order chi connectivity index (χ0) is 22.4. The fourth-order valence-electron chi connectivity index (χ4n) is 4.23. The number of ketones is 1. The van der Waals surface area contributed by atoms with E-state index in [1.165, 1.54) is 4.90 Å². The highest BCUT2D eigenvalue weighted by atomic mass is 16.5. The molecule has 3 rings (SSSR count). The SMILES string of the molecule is Cc1c(C)c2c(c(C)c1O)CCC(C)(C(=O)NC(C(=O)N1CCC(=O)C1)C(C)C)O2. The Labute approximate surface area is 177 Å². The van der Waals surface area contributed by atoms with E-state index in [9.17, 15) is 19.5 Å². The van der Waals surface area contributed by atoms with Crippen molar-refractivity contribution in [2.24, 2.45) is 5.92 Å². The van der Waals surface area contributed by atoms with Crippen LogP contribution in [0, 0.1) is 26.7 Å². The van der Waals surface area contributed by atoms with Crippen molar-refractivity contribution in [2.45, 2.75) is 72.4 Å². The number of carbonyl (C=O) groups excluding carboxylic acids is 3. The molecule has 1 saturated heterocycles. The van der Waals surface area contributed by atoms with Crippen molar-refractivity contribution >= 4 is 17.6 Å². The van der Waals surface area contributed by atoms with Crippen LogP contribution in [0.25, 0.3) is 0 Å². The summed E-state index contributed by atoms with van der Waals surface area (Å²) in [6, 6.07) is -0.713. The Bertz CT molecular complexity index is 908. The molecule has 0 aliphatic carbocycles. The number of amides is 2. The second-order valence-corrected chi connectivity index (χ2v) is 9.11. The molecule has 0 bridgehead atoms. The van der Waals surface area contributed by atoms with Gasteiger partial charge in [-0.3, -0.25) is 14.4 Å². The van der Waals surface area contributed by atoms with Gasteiger partial charge in [-0.25, -0.2) is 0 Å². The number of Topliss-reactive ketones (excluding diaryl/α,β-unsaturated/α-hetero) is 1. The van der Waals surface area contributed by atoms with Gasteiger partial charge < -0.3 is 20.1 Å². The van der Waals surface area contributed by atoms with Gasteiger partial charge in [-0.15, -0.1) is 0 Å². The molecule has 30 heavy (non-hydrogen) atoms. The van der Waals surface area contributed by atoms with Crippen LogP contribution in [0.5, 0.6) is 11.5 Å². The van der Waals surface area contributed by atoms with Crippen molar-refractivity contribution in [3.8, 4) is 11.5 Å². The highest BCUT2D eigenvalue weighted by Crippen LogP contribution is 2.43. The number of ether oxygens (including phenoxy) is 1. The molecule has 0 spiro atoms. The maximum atomic E-state index is 13.3. The standard InChI is InChI=1S/C23H32N2O5/c1-12(2)18(21(28)25-10-8-16(26)11-25)24-22(29)23(6)9-7-17-15(5)19(27)13(3)14(4)20(17)30-23/h12,18,27H,7-11H2,1-6H3,(H,24,29). The third-order valence-electron chi connectivity index (χ3n) is 6.56. The molecule has 2 atom stereocenters. The quantitative estimate of drug-likeness (QED) is 0.785. The number of nitrogens with zero attached hydrogens (tertiary/aromatic N) is 1. The van der Waals surface area contributed by atoms with Crippen LogP contribution in [0.15, 0.2) is 0 Å². The normalized spacial score (nSPS) is 22.0. The third-order valence-corrected chi connectivity index (χ3v) is 6.56. The Morgan fingerprint density at radius 2 is 1.80 bits per heavy atom. The number of fused-ring (bicyclic) bond motifs is 1. The molecule has 2 amide bonds. The van der Waals surface area contributed by atoms with Gasteiger partial charge in [-0.2, -0.15) is 0 Å². The van der Waals surface area contributed by atoms with Gasteiger partial charge in [0, 0.05) is 24.9 Å². The Hall–Kier alpha value is -2.57. The summed E-state index contributed by atoms with van der Waals surface area (Å²) in [4.78, 5) is 39.3. The summed E-state index contributed by atoms with van der Waals surface area (Å²) in [7, 11) is 0. The number of hydrogen-bond donors (Lipinski definition) is 2. The van der Waals surface area contributed by atoms with Crippen LogP contribution in [-0.4, -0.2) is 52.3 Å². The first kappa shape index (κ1) is 22.1. The molecule has 2 N–H and O–H groups in total. The molecule has 2 aliphatic heterocycles. The van der Waals surface area contributed by atoms with Crippen LogP contribution in [0.3, 0.4) is 0 Å². The molecule has 164 valence electrons. The summed E-state index contributed by atoms with van der Waals surface area (Å²) >= 11 is 0. The van der Waals surface area contributed by atoms with Gasteiger partial charge in [0.2, 0.25) is 5.91 Å². The van der Waals surface area contributed by atoms with E-state index >= 15 is 0 Å². The third kappa shape index (κ3) is 3.77. The highest BCUT2D eigenvalue weighted by molar-refractivity contribution is 5.95. The van der Waals surface area contributed by atoms with Crippen molar-refractivity contribution in [1.82, 2.24) is 10.2 Å². The van der Waals surface area contributed by atoms with Crippen LogP contribution < -0.4 is 10.1 Å². The van der Waals surface area contributed by atoms with Crippen LogP contribution >= 0.6 is 0 Å². The largest absolute Gasteiger partial charge is 0.507 e. The van der Waals surface area contributed by atoms with E-state index in [1.807, 2.05) is 34.6 Å². The summed E-state index contributed by atoms with van der Waals surface area (Å²) in [5.74, 6) is 0.267. The Morgan fingerprint density at radius 1 is 1.13 bits per heavy atom. The van der Waals surface area contributed by atoms with Crippen molar-refractivity contribution in [1.29, 1.82) is 0 Å². The van der Waals surface area contributed by atoms with E-state index in [-0.39, 0.29) is 35.8 Å². The van der Waals surface area contributed by atoms with Crippen molar-refractivity contribution < 1.29 is 24.2 Å². The zero-order valence-electron chi connectivity index (χ0n) is 18.7. The Morgan fingerprint density at radius 3 is 2.37 bits per heavy atom. The van der Waals surface area contributed by atoms with Gasteiger partial charge in [0.25, 0.3) is 5.91 Å². The second kappa shape index (κ2) is 7.93. The van der Waals surface area contributed by atoms with E-state index in [2.05, 4.69) is 5.32 Å². The fourth-order valence-corrected chi connectivity index (χ4v) is 4.23. The number of aromatic hydroxyl groups is 1. The molecule has 0 aromatic heterocycles. The van der Waals surface area contributed by atoms with E-state index < -0.39 is 11.6 Å². The monoisotopic (exact) mass is 416 g/mol. The zero-order valence-corrected chi connectivity index (χ0v) is 18.7. The van der Waals surface area contributed by atoms with Crippen LogP contribution in [-0.2, 0) is 20.8 Å². The first-order chi connectivity index (χ1) is 14.0. The lowest BCUT2D eigenvalue weighted by molar-refractivity contribution is -0.143. The minimum atomic E-state index is -1.12. The lowest BCUT2D eigenvalue weighted by atomic mass is 9.86. The molecule has 7 heteroatoms. The van der Waals surface area contributed by atoms with Gasteiger partial charge in [-0.05, 0) is 56.7 Å². The van der Waals surface area contributed by atoms with E-state index in [0.717, 1.165) is 22.3 Å². The Kier molecular flexibility index (Phi) is 5.85. The first-order valence-electron chi connectivity index (χ1n) is 10.6. The first-order valence-corrected chi connectivity index (χ1v) is 10.6. The number of rotatable bonds is 4. The van der Waals surface area contributed by atoms with Gasteiger partial charge >= 0.3 is 0 Å². The fraction of sp³-hybridized carbons (Fsp3) is 0.609. The van der Waals surface area contributed by atoms with Gasteiger partial charge in [0.05, 0.1) is 6.54 Å². The van der Waals surface area contributed by atoms with Crippen molar-refractivity contribution in [3.05, 3.63) is 22.3 Å². The number of hydrogen-bond acceptors (Lipinski definition) is 5. The minimum Gasteiger partial charge on any atom is -0.507 e. The van der Waals surface area contributed by atoms with Gasteiger partial charge in [-0.1, -0.05) is 13.8 Å². The molecular formula is C23H32N2O5. The number of nitrogens with one attached hydrogen (secondary N) is 1. The molecular weight excluding hydrogens is 384 g/mol. The highest BCUT2D eigenvalue weighted by Gasteiger charge is 2.43. The van der Waals surface area contributed by atoms with Crippen LogP contribution in [0.2, 0.25) is 0 Å². The molecule has 0 saturated carbocycles. The predicted octanol–water partition coefficient (Wildman–Crippen LogP) is 2.34. The van der Waals surface area contributed by atoms with E-state index in [0.29, 0.717) is 31.6 Å². The summed E-state index contributed by atoms with van der Waals surface area (Å²) in [6.45, 7) is 11.6. The lowest BCUT2D eigenvalue weighted by Crippen LogP contribution is -2.58. The van der Waals surface area contributed by atoms with Gasteiger partial charge in [0.1, 0.15) is 17.5 Å². The average molecular weight is 417 g/mol. The molecule has 1 aromatic carbocycles. The van der Waals surface area contributed by atoms with E-state index in [4.69, 9.17) is 4.74 Å². The average Bonchev–Trinajstić information content (AvgIpc) is 3.14. The summed E-state index contributed by atoms with van der Waals surface area (Å²) < 4.78 is 6.23. The van der Waals surface area contributed by atoms with Crippen LogP contribution in [0.1, 0.15) is 55.9 Å². The minimum absolute atomic E-state index is 0.0424. The second-order valence-electron chi connectivity index (χ2n) is 9.11. The number of likely N-dealkylation sites (tertiary alicyclic amines) is 1. The smallest absolute Gasteiger partial charge is 0.264 e. The number of phenols is 1. The van der Waals surface area contributed by atoms with Gasteiger partial charge in [0.15, 0.2) is 11.4 Å². The summed E-state index contributed by atoms with van der Waals surface area (Å²) in [6.07, 6.45) is 1.41. The molecule has 1 aromatic rings. The molecule has 1 fully saturated rings. The lowest BCUT2D eigenvalue weighted by Gasteiger charge is -2.38. The number of carbonyl (C=O) groups is 3. The molecule has 2 heterocycles. The maximum Gasteiger partial charge on any atom is 0.264 e. The Balaban J connectivity index is 1.82. The molecule has 2 aliphatic rings. The number of phenolic OH excluding ortho intramolecular Hbond substituents is 1. The summed E-state index contributed by atoms with van der Waals surface area (Å²) in [5, 5.41) is 13.2. The van der Waals surface area contributed by atoms with Crippen LogP contribution in [0.4, 0.5) is 0 Å². The molecule has 2 unspecified atom stereocenters. The number of benzene rings is 1. The van der Waals surface area contributed by atoms with Crippen molar-refractivity contribution in [3.63, 3.8) is 0 Å². The maximum absolute atomic E-state index is 13.3.